The molecule has 2 amide bonds. The van der Waals surface area contributed by atoms with Gasteiger partial charge in [0.15, 0.2) is 6.10 Å². The van der Waals surface area contributed by atoms with Gasteiger partial charge in [-0.1, -0.05) is 24.3 Å². The third-order valence-corrected chi connectivity index (χ3v) is 5.50. The van der Waals surface area contributed by atoms with Crippen LogP contribution < -0.4 is 19.5 Å². The quantitative estimate of drug-likeness (QED) is 0.612. The van der Waals surface area contributed by atoms with Crippen molar-refractivity contribution in [2.45, 2.75) is 26.1 Å². The lowest BCUT2D eigenvalue weighted by molar-refractivity contribution is -0.138. The Balaban J connectivity index is 1.57. The predicted octanol–water partition coefficient (Wildman–Crippen LogP) is 4.27. The molecule has 0 saturated carbocycles. The summed E-state index contributed by atoms with van der Waals surface area (Å²) in [4.78, 5) is 27.5. The van der Waals surface area contributed by atoms with Crippen molar-refractivity contribution in [2.24, 2.45) is 0 Å². The average Bonchev–Trinajstić information content (AvgIpc) is 2.95. The minimum absolute atomic E-state index is 0.103. The number of methoxy groups -OCH3 is 2. The first-order valence-electron chi connectivity index (χ1n) is 10.6. The number of benzene rings is 3. The maximum atomic E-state index is 13.0. The maximum absolute atomic E-state index is 13.0. The molecule has 7 heteroatoms. The molecule has 0 aliphatic carbocycles. The fourth-order valence-electron chi connectivity index (χ4n) is 3.83. The zero-order chi connectivity index (χ0) is 23.4. The lowest BCUT2D eigenvalue weighted by atomic mass is 10.1. The number of hydrogen-bond donors (Lipinski definition) is 1. The van der Waals surface area contributed by atoms with Crippen LogP contribution in [0, 0.1) is 0 Å². The number of nitrogens with one attached hydrogen (secondary N) is 1. The zero-order valence-corrected chi connectivity index (χ0v) is 18.8. The number of amides is 2. The Labute approximate surface area is 192 Å². The van der Waals surface area contributed by atoms with Gasteiger partial charge in [-0.2, -0.15) is 0 Å². The molecule has 0 unspecified atom stereocenters. The Kier molecular flexibility index (Phi) is 6.49. The lowest BCUT2D eigenvalue weighted by Gasteiger charge is -2.22. The molecular weight excluding hydrogens is 420 g/mol. The largest absolute Gasteiger partial charge is 0.497 e. The fourth-order valence-corrected chi connectivity index (χ4v) is 3.83. The van der Waals surface area contributed by atoms with Gasteiger partial charge in [-0.3, -0.25) is 9.59 Å². The van der Waals surface area contributed by atoms with Crippen LogP contribution in [0.15, 0.2) is 66.7 Å². The molecule has 0 bridgehead atoms. The molecule has 1 N–H and O–H groups in total. The van der Waals surface area contributed by atoms with Crippen molar-refractivity contribution in [3.8, 4) is 17.2 Å². The third-order valence-electron chi connectivity index (χ3n) is 5.50. The molecule has 0 radical (unpaired) electrons. The number of carbonyl (C=O) groups excluding carboxylic acids is 2. The minimum atomic E-state index is -0.620. The van der Waals surface area contributed by atoms with E-state index in [-0.39, 0.29) is 11.8 Å². The highest BCUT2D eigenvalue weighted by Crippen LogP contribution is 2.30. The highest BCUT2D eigenvalue weighted by molar-refractivity contribution is 6.06. The SMILES string of the molecule is COc1cccc(CN2Cc3cc(NC(=O)c4ccccc4OC)ccc3O[C@@H](C)C2=O)c1. The first-order valence-corrected chi connectivity index (χ1v) is 10.6. The van der Waals surface area contributed by atoms with Crippen LogP contribution in [0.4, 0.5) is 5.69 Å². The topological polar surface area (TPSA) is 77.1 Å². The standard InChI is InChI=1S/C26H26N2O5/c1-17-26(30)28(15-18-7-6-8-21(13-18)31-2)16-19-14-20(11-12-23(19)33-17)27-25(29)22-9-4-5-10-24(22)32-3/h4-14,17H,15-16H2,1-3H3,(H,27,29)/t17-/m0/s1. The van der Waals surface area contributed by atoms with E-state index in [9.17, 15) is 9.59 Å². The van der Waals surface area contributed by atoms with Gasteiger partial charge in [-0.05, 0) is 55.0 Å². The molecule has 7 nitrogen and oxygen atoms in total. The molecule has 33 heavy (non-hydrogen) atoms. The number of nitrogens with zero attached hydrogens (tertiary/aromatic N) is 1. The van der Waals surface area contributed by atoms with E-state index in [2.05, 4.69) is 5.32 Å². The number of fused-ring (bicyclic) bond motifs is 1. The first-order chi connectivity index (χ1) is 16.0. The second-order valence-corrected chi connectivity index (χ2v) is 7.78. The summed E-state index contributed by atoms with van der Waals surface area (Å²) in [6.07, 6.45) is -0.620. The Morgan fingerprint density at radius 2 is 1.88 bits per heavy atom. The number of anilines is 1. The summed E-state index contributed by atoms with van der Waals surface area (Å²) >= 11 is 0. The van der Waals surface area contributed by atoms with Crippen molar-refractivity contribution >= 4 is 17.5 Å². The smallest absolute Gasteiger partial charge is 0.263 e. The second-order valence-electron chi connectivity index (χ2n) is 7.78. The monoisotopic (exact) mass is 446 g/mol. The van der Waals surface area contributed by atoms with E-state index in [1.807, 2.05) is 36.4 Å². The van der Waals surface area contributed by atoms with Gasteiger partial charge in [0.25, 0.3) is 11.8 Å². The summed E-state index contributed by atoms with van der Waals surface area (Å²) in [5.74, 6) is 1.48. The van der Waals surface area contributed by atoms with E-state index in [0.717, 1.165) is 16.9 Å². The number of hydrogen-bond acceptors (Lipinski definition) is 5. The van der Waals surface area contributed by atoms with Gasteiger partial charge >= 0.3 is 0 Å². The van der Waals surface area contributed by atoms with Gasteiger partial charge < -0.3 is 24.4 Å². The van der Waals surface area contributed by atoms with Crippen molar-refractivity contribution in [3.63, 3.8) is 0 Å². The summed E-state index contributed by atoms with van der Waals surface area (Å²) in [7, 11) is 3.14. The Morgan fingerprint density at radius 3 is 2.67 bits per heavy atom. The Morgan fingerprint density at radius 1 is 1.06 bits per heavy atom. The molecule has 0 aromatic heterocycles. The van der Waals surface area contributed by atoms with Crippen LogP contribution in [0.1, 0.15) is 28.4 Å². The van der Waals surface area contributed by atoms with Gasteiger partial charge in [0.2, 0.25) is 0 Å². The molecule has 1 heterocycles. The normalized spacial score (nSPS) is 15.2. The lowest BCUT2D eigenvalue weighted by Crippen LogP contribution is -2.37. The molecule has 3 aromatic rings. The number of para-hydroxylation sites is 1. The average molecular weight is 447 g/mol. The molecule has 1 aliphatic rings. The van der Waals surface area contributed by atoms with E-state index in [4.69, 9.17) is 14.2 Å². The number of ether oxygens (including phenoxy) is 3. The van der Waals surface area contributed by atoms with Gasteiger partial charge in [-0.15, -0.1) is 0 Å². The molecule has 1 aliphatic heterocycles. The van der Waals surface area contributed by atoms with Crippen LogP contribution in [0.2, 0.25) is 0 Å². The van der Waals surface area contributed by atoms with Crippen molar-refractivity contribution in [1.82, 2.24) is 4.90 Å². The molecule has 170 valence electrons. The van der Waals surface area contributed by atoms with Gasteiger partial charge in [0.05, 0.1) is 19.8 Å². The molecule has 4 rings (SSSR count). The van der Waals surface area contributed by atoms with Crippen LogP contribution in [0.3, 0.4) is 0 Å². The van der Waals surface area contributed by atoms with Crippen LogP contribution in [-0.4, -0.2) is 37.0 Å². The van der Waals surface area contributed by atoms with Gasteiger partial charge in [-0.25, -0.2) is 0 Å². The Hall–Kier alpha value is -4.00. The highest BCUT2D eigenvalue weighted by atomic mass is 16.5. The summed E-state index contributed by atoms with van der Waals surface area (Å²) in [6, 6.07) is 20.1. The summed E-state index contributed by atoms with van der Waals surface area (Å²) < 4.78 is 16.5. The van der Waals surface area contributed by atoms with E-state index >= 15 is 0 Å². The van der Waals surface area contributed by atoms with E-state index < -0.39 is 6.10 Å². The predicted molar refractivity (Wildman–Crippen MR) is 125 cm³/mol. The molecule has 0 saturated heterocycles. The molecule has 1 atom stereocenters. The van der Waals surface area contributed by atoms with Gasteiger partial charge in [0, 0.05) is 24.3 Å². The van der Waals surface area contributed by atoms with Crippen molar-refractivity contribution in [1.29, 1.82) is 0 Å². The van der Waals surface area contributed by atoms with Crippen LogP contribution in [0.25, 0.3) is 0 Å². The summed E-state index contributed by atoms with van der Waals surface area (Å²) in [5.41, 5.74) is 2.82. The van der Waals surface area contributed by atoms with Gasteiger partial charge in [0.1, 0.15) is 17.2 Å². The summed E-state index contributed by atoms with van der Waals surface area (Å²) in [5, 5.41) is 2.91. The molecule has 3 aromatic carbocycles. The first kappa shape index (κ1) is 22.2. The van der Waals surface area contributed by atoms with Crippen molar-refractivity contribution in [3.05, 3.63) is 83.4 Å². The molecular formula is C26H26N2O5. The minimum Gasteiger partial charge on any atom is -0.497 e. The van der Waals surface area contributed by atoms with E-state index in [0.29, 0.717) is 35.8 Å². The zero-order valence-electron chi connectivity index (χ0n) is 18.8. The van der Waals surface area contributed by atoms with Crippen LogP contribution in [-0.2, 0) is 17.9 Å². The van der Waals surface area contributed by atoms with E-state index in [1.165, 1.54) is 7.11 Å². The maximum Gasteiger partial charge on any atom is 0.263 e. The molecule has 0 fully saturated rings. The second kappa shape index (κ2) is 9.65. The number of rotatable bonds is 6. The fraction of sp³-hybridized carbons (Fsp3) is 0.231. The van der Waals surface area contributed by atoms with E-state index in [1.54, 1.807) is 49.3 Å². The summed E-state index contributed by atoms with van der Waals surface area (Å²) in [6.45, 7) is 2.52. The van der Waals surface area contributed by atoms with Crippen LogP contribution in [0.5, 0.6) is 17.2 Å². The van der Waals surface area contributed by atoms with Crippen molar-refractivity contribution < 1.29 is 23.8 Å². The van der Waals surface area contributed by atoms with Crippen LogP contribution >= 0.6 is 0 Å². The highest BCUT2D eigenvalue weighted by Gasteiger charge is 2.28. The number of carbonyl (C=O) groups is 2. The Bertz CT molecular complexity index is 1180. The van der Waals surface area contributed by atoms with Crippen molar-refractivity contribution in [2.75, 3.05) is 19.5 Å². The molecule has 0 spiro atoms. The third kappa shape index (κ3) is 4.92.